The first kappa shape index (κ1) is 18.3. The summed E-state index contributed by atoms with van der Waals surface area (Å²) in [6.07, 6.45) is 6.55. The summed E-state index contributed by atoms with van der Waals surface area (Å²) in [5, 5.41) is 3.09. The Morgan fingerprint density at radius 3 is 2.67 bits per heavy atom. The fourth-order valence-electron chi connectivity index (χ4n) is 3.00. The zero-order chi connectivity index (χ0) is 17.4. The van der Waals surface area contributed by atoms with Crippen LogP contribution in [0.3, 0.4) is 0 Å². The molecule has 1 saturated heterocycles. The number of piperidine rings is 1. The van der Waals surface area contributed by atoms with Crippen molar-refractivity contribution in [3.8, 4) is 11.5 Å². The molecule has 5 heteroatoms. The van der Waals surface area contributed by atoms with Crippen LogP contribution in [0.4, 0.5) is 0 Å². The number of carbonyl (C=O) groups excluding carboxylic acids is 1. The number of hydrogen-bond acceptors (Lipinski definition) is 4. The fraction of sp³-hybridized carbons (Fsp3) is 0.526. The lowest BCUT2D eigenvalue weighted by Crippen LogP contribution is -2.44. The number of amides is 1. The Morgan fingerprint density at radius 2 is 2.04 bits per heavy atom. The van der Waals surface area contributed by atoms with Gasteiger partial charge in [-0.25, -0.2) is 0 Å². The van der Waals surface area contributed by atoms with E-state index in [1.165, 1.54) is 6.42 Å². The molecule has 0 radical (unpaired) electrons. The summed E-state index contributed by atoms with van der Waals surface area (Å²) >= 11 is 0. The normalized spacial score (nSPS) is 16.3. The first-order valence-electron chi connectivity index (χ1n) is 8.59. The molecule has 0 unspecified atom stereocenters. The Kier molecular flexibility index (Phi) is 7.12. The fourth-order valence-corrected chi connectivity index (χ4v) is 3.00. The van der Waals surface area contributed by atoms with Gasteiger partial charge in [0.2, 0.25) is 5.91 Å². The van der Waals surface area contributed by atoms with E-state index in [1.807, 2.05) is 18.2 Å². The summed E-state index contributed by atoms with van der Waals surface area (Å²) in [4.78, 5) is 14.6. The van der Waals surface area contributed by atoms with Crippen molar-refractivity contribution in [3.05, 3.63) is 29.8 Å². The SMILES string of the molecule is CCCN1CCC(NC(=O)/C=C/c2cc(OC)ccc2OC)CC1. The molecule has 1 aromatic carbocycles. The Balaban J connectivity index is 1.89. The van der Waals surface area contributed by atoms with Crippen molar-refractivity contribution in [2.45, 2.75) is 32.2 Å². The zero-order valence-corrected chi connectivity index (χ0v) is 14.9. The van der Waals surface area contributed by atoms with Gasteiger partial charge >= 0.3 is 0 Å². The van der Waals surface area contributed by atoms with E-state index >= 15 is 0 Å². The first-order chi connectivity index (χ1) is 11.7. The molecule has 0 aromatic heterocycles. The molecule has 5 nitrogen and oxygen atoms in total. The molecule has 1 aliphatic heterocycles. The van der Waals surface area contributed by atoms with Crippen molar-refractivity contribution in [1.82, 2.24) is 10.2 Å². The molecular formula is C19H28N2O3. The third-order valence-corrected chi connectivity index (χ3v) is 4.32. The molecule has 1 heterocycles. The average molecular weight is 332 g/mol. The standard InChI is InChI=1S/C19H28N2O3/c1-4-11-21-12-9-16(10-13-21)20-19(22)8-5-15-14-17(23-2)6-7-18(15)24-3/h5-8,14,16H,4,9-13H2,1-3H3,(H,20,22)/b8-5+. The van der Waals surface area contributed by atoms with E-state index in [0.29, 0.717) is 5.75 Å². The third-order valence-electron chi connectivity index (χ3n) is 4.32. The van der Waals surface area contributed by atoms with Gasteiger partial charge < -0.3 is 19.7 Å². The lowest BCUT2D eigenvalue weighted by atomic mass is 10.0. The molecule has 1 amide bonds. The molecule has 0 atom stereocenters. The molecule has 0 bridgehead atoms. The van der Waals surface area contributed by atoms with Crippen molar-refractivity contribution in [1.29, 1.82) is 0 Å². The topological polar surface area (TPSA) is 50.8 Å². The van der Waals surface area contributed by atoms with Crippen LogP contribution in [0.5, 0.6) is 11.5 Å². The van der Waals surface area contributed by atoms with Gasteiger partial charge in [-0.05, 0) is 50.1 Å². The zero-order valence-electron chi connectivity index (χ0n) is 14.9. The van der Waals surface area contributed by atoms with E-state index in [9.17, 15) is 4.79 Å². The van der Waals surface area contributed by atoms with E-state index < -0.39 is 0 Å². The molecule has 0 spiro atoms. The summed E-state index contributed by atoms with van der Waals surface area (Å²) in [6.45, 7) is 5.47. The van der Waals surface area contributed by atoms with E-state index in [-0.39, 0.29) is 11.9 Å². The van der Waals surface area contributed by atoms with Gasteiger partial charge in [-0.15, -0.1) is 0 Å². The lowest BCUT2D eigenvalue weighted by Gasteiger charge is -2.31. The molecule has 132 valence electrons. The van der Waals surface area contributed by atoms with Gasteiger partial charge in [0.25, 0.3) is 0 Å². The predicted octanol–water partition coefficient (Wildman–Crippen LogP) is 2.71. The van der Waals surface area contributed by atoms with Crippen LogP contribution in [-0.4, -0.2) is 50.7 Å². The second kappa shape index (κ2) is 9.33. The predicted molar refractivity (Wildman–Crippen MR) is 96.5 cm³/mol. The maximum atomic E-state index is 12.2. The maximum absolute atomic E-state index is 12.2. The highest BCUT2D eigenvalue weighted by molar-refractivity contribution is 5.92. The van der Waals surface area contributed by atoms with Crippen LogP contribution in [0.15, 0.2) is 24.3 Å². The largest absolute Gasteiger partial charge is 0.497 e. The van der Waals surface area contributed by atoms with Crippen LogP contribution in [0.1, 0.15) is 31.7 Å². The van der Waals surface area contributed by atoms with Crippen LogP contribution in [0.25, 0.3) is 6.08 Å². The number of likely N-dealkylation sites (tertiary alicyclic amines) is 1. The highest BCUT2D eigenvalue weighted by atomic mass is 16.5. The number of carbonyl (C=O) groups is 1. The number of nitrogens with zero attached hydrogens (tertiary/aromatic N) is 1. The van der Waals surface area contributed by atoms with Crippen molar-refractivity contribution < 1.29 is 14.3 Å². The van der Waals surface area contributed by atoms with E-state index in [1.54, 1.807) is 26.4 Å². The molecule has 1 N–H and O–H groups in total. The highest BCUT2D eigenvalue weighted by Gasteiger charge is 2.19. The summed E-state index contributed by atoms with van der Waals surface area (Å²) in [5.41, 5.74) is 0.824. The number of benzene rings is 1. The van der Waals surface area contributed by atoms with E-state index in [2.05, 4.69) is 17.1 Å². The number of hydrogen-bond donors (Lipinski definition) is 1. The minimum absolute atomic E-state index is 0.0613. The molecule has 24 heavy (non-hydrogen) atoms. The van der Waals surface area contributed by atoms with Gasteiger partial charge in [0, 0.05) is 30.8 Å². The number of methoxy groups -OCH3 is 2. The number of ether oxygens (including phenoxy) is 2. The van der Waals surface area contributed by atoms with Crippen molar-refractivity contribution in [2.24, 2.45) is 0 Å². The molecule has 1 fully saturated rings. The summed E-state index contributed by atoms with van der Waals surface area (Å²) in [6, 6.07) is 5.79. The van der Waals surface area contributed by atoms with Gasteiger partial charge in [-0.1, -0.05) is 6.92 Å². The van der Waals surface area contributed by atoms with Crippen LogP contribution >= 0.6 is 0 Å². The summed E-state index contributed by atoms with van der Waals surface area (Å²) in [7, 11) is 3.23. The van der Waals surface area contributed by atoms with Gasteiger partial charge in [-0.3, -0.25) is 4.79 Å². The monoisotopic (exact) mass is 332 g/mol. The third kappa shape index (κ3) is 5.27. The van der Waals surface area contributed by atoms with Gasteiger partial charge in [0.1, 0.15) is 11.5 Å². The van der Waals surface area contributed by atoms with Crippen LogP contribution in [-0.2, 0) is 4.79 Å². The molecule has 1 aromatic rings. The maximum Gasteiger partial charge on any atom is 0.244 e. The minimum Gasteiger partial charge on any atom is -0.497 e. The van der Waals surface area contributed by atoms with Crippen LogP contribution in [0, 0.1) is 0 Å². The highest BCUT2D eigenvalue weighted by Crippen LogP contribution is 2.25. The van der Waals surface area contributed by atoms with Gasteiger partial charge in [0.15, 0.2) is 0 Å². The lowest BCUT2D eigenvalue weighted by molar-refractivity contribution is -0.117. The summed E-state index contributed by atoms with van der Waals surface area (Å²) in [5.74, 6) is 1.39. The molecule has 1 aliphatic rings. The van der Waals surface area contributed by atoms with Crippen LogP contribution in [0.2, 0.25) is 0 Å². The van der Waals surface area contributed by atoms with E-state index in [4.69, 9.17) is 9.47 Å². The van der Waals surface area contributed by atoms with Gasteiger partial charge in [0.05, 0.1) is 14.2 Å². The van der Waals surface area contributed by atoms with Crippen molar-refractivity contribution >= 4 is 12.0 Å². The molecule has 0 aliphatic carbocycles. The number of nitrogens with one attached hydrogen (secondary N) is 1. The molecule has 2 rings (SSSR count). The van der Waals surface area contributed by atoms with Crippen molar-refractivity contribution in [2.75, 3.05) is 33.9 Å². The average Bonchev–Trinajstić information content (AvgIpc) is 2.61. The first-order valence-corrected chi connectivity index (χ1v) is 8.59. The number of rotatable bonds is 7. The van der Waals surface area contributed by atoms with E-state index in [0.717, 1.165) is 43.8 Å². The Morgan fingerprint density at radius 1 is 1.29 bits per heavy atom. The summed E-state index contributed by atoms with van der Waals surface area (Å²) < 4.78 is 10.5. The second-order valence-corrected chi connectivity index (χ2v) is 6.07. The Labute approximate surface area is 144 Å². The molecular weight excluding hydrogens is 304 g/mol. The Hall–Kier alpha value is -2.01. The smallest absolute Gasteiger partial charge is 0.244 e. The molecule has 0 saturated carbocycles. The van der Waals surface area contributed by atoms with Gasteiger partial charge in [-0.2, -0.15) is 0 Å². The second-order valence-electron chi connectivity index (χ2n) is 6.07. The van der Waals surface area contributed by atoms with Crippen molar-refractivity contribution in [3.63, 3.8) is 0 Å². The quantitative estimate of drug-likeness (QED) is 0.780. The Bertz CT molecular complexity index is 564. The minimum atomic E-state index is -0.0613. The van der Waals surface area contributed by atoms with Crippen LogP contribution < -0.4 is 14.8 Å².